The summed E-state index contributed by atoms with van der Waals surface area (Å²) < 4.78 is 0. The van der Waals surface area contributed by atoms with E-state index in [0.29, 0.717) is 17.1 Å². The van der Waals surface area contributed by atoms with Gasteiger partial charge in [0.1, 0.15) is 0 Å². The topological polar surface area (TPSA) is 49.3 Å². The fourth-order valence-corrected chi connectivity index (χ4v) is 1.86. The van der Waals surface area contributed by atoms with E-state index in [1.54, 1.807) is 36.4 Å². The molecule has 0 aliphatic heterocycles. The van der Waals surface area contributed by atoms with E-state index in [0.717, 1.165) is 11.1 Å². The van der Waals surface area contributed by atoms with Crippen LogP contribution in [0.5, 0.6) is 0 Å². The molecule has 2 N–H and O–H groups in total. The molecule has 0 unspecified atom stereocenters. The predicted molar refractivity (Wildman–Crippen MR) is 76.3 cm³/mol. The average molecular weight is 276 g/mol. The first-order valence-electron chi connectivity index (χ1n) is 5.89. The first kappa shape index (κ1) is 13.6. The maximum Gasteiger partial charge on any atom is 0.255 e. The highest BCUT2D eigenvalue weighted by atomic mass is 35.5. The highest BCUT2D eigenvalue weighted by Gasteiger charge is 2.06. The van der Waals surface area contributed by atoms with Crippen LogP contribution in [-0.4, -0.2) is 11.0 Å². The third-order valence-corrected chi connectivity index (χ3v) is 3.05. The van der Waals surface area contributed by atoms with Crippen LogP contribution in [0.3, 0.4) is 0 Å². The average Bonchev–Trinajstić information content (AvgIpc) is 2.48. The molecule has 0 saturated carbocycles. The molecule has 1 amide bonds. The number of halogens is 1. The largest absolute Gasteiger partial charge is 0.392 e. The first-order chi connectivity index (χ1) is 9.22. The molecule has 2 aromatic rings. The molecule has 0 radical (unpaired) electrons. The number of alkyl halides is 1. The van der Waals surface area contributed by atoms with E-state index in [1.165, 1.54) is 0 Å². The van der Waals surface area contributed by atoms with E-state index in [4.69, 9.17) is 16.7 Å². The second kappa shape index (κ2) is 6.36. The van der Waals surface area contributed by atoms with Crippen LogP contribution in [0.4, 0.5) is 5.69 Å². The Morgan fingerprint density at radius 1 is 1.11 bits per heavy atom. The fraction of sp³-hybridized carbons (Fsp3) is 0.133. The molecule has 0 saturated heterocycles. The fourth-order valence-electron chi connectivity index (χ4n) is 1.69. The SMILES string of the molecule is O=C(Nc1ccc(CO)cc1)c1cccc(CCl)c1. The second-order valence-electron chi connectivity index (χ2n) is 4.14. The minimum absolute atomic E-state index is 0.00794. The monoisotopic (exact) mass is 275 g/mol. The predicted octanol–water partition coefficient (Wildman–Crippen LogP) is 3.17. The third-order valence-electron chi connectivity index (χ3n) is 2.74. The maximum absolute atomic E-state index is 12.0. The van der Waals surface area contributed by atoms with Crippen LogP contribution < -0.4 is 5.32 Å². The number of nitrogens with one attached hydrogen (secondary N) is 1. The van der Waals surface area contributed by atoms with E-state index in [2.05, 4.69) is 5.32 Å². The van der Waals surface area contributed by atoms with E-state index in [9.17, 15) is 4.79 Å². The molecule has 3 nitrogen and oxygen atoms in total. The number of carbonyl (C=O) groups is 1. The smallest absolute Gasteiger partial charge is 0.255 e. The number of aliphatic hydroxyl groups is 1. The van der Waals surface area contributed by atoms with Gasteiger partial charge in [-0.2, -0.15) is 0 Å². The summed E-state index contributed by atoms with van der Waals surface area (Å²) in [6.45, 7) is -0.00794. The first-order valence-corrected chi connectivity index (χ1v) is 6.42. The van der Waals surface area contributed by atoms with Gasteiger partial charge in [0.25, 0.3) is 5.91 Å². The molecule has 19 heavy (non-hydrogen) atoms. The molecule has 0 fully saturated rings. The van der Waals surface area contributed by atoms with Crippen LogP contribution >= 0.6 is 11.6 Å². The zero-order valence-corrected chi connectivity index (χ0v) is 11.0. The Hall–Kier alpha value is -1.84. The summed E-state index contributed by atoms with van der Waals surface area (Å²) in [7, 11) is 0. The Bertz CT molecular complexity index is 567. The number of hydrogen-bond acceptors (Lipinski definition) is 2. The molecule has 98 valence electrons. The highest BCUT2D eigenvalue weighted by Crippen LogP contribution is 2.13. The Labute approximate surface area is 116 Å². The molecule has 0 heterocycles. The van der Waals surface area contributed by atoms with Crippen molar-refractivity contribution in [3.05, 3.63) is 65.2 Å². The molecular formula is C15H14ClNO2. The lowest BCUT2D eigenvalue weighted by Crippen LogP contribution is -2.12. The molecule has 0 spiro atoms. The minimum Gasteiger partial charge on any atom is -0.392 e. The van der Waals surface area contributed by atoms with Gasteiger partial charge in [0.15, 0.2) is 0 Å². The summed E-state index contributed by atoms with van der Waals surface area (Å²) in [6.07, 6.45) is 0. The summed E-state index contributed by atoms with van der Waals surface area (Å²) in [5.41, 5.74) is 2.98. The quantitative estimate of drug-likeness (QED) is 0.842. The number of carbonyl (C=O) groups excluding carboxylic acids is 1. The van der Waals surface area contributed by atoms with Crippen LogP contribution in [0, 0.1) is 0 Å². The zero-order chi connectivity index (χ0) is 13.7. The molecule has 0 aromatic heterocycles. The minimum atomic E-state index is -0.177. The number of hydrogen-bond donors (Lipinski definition) is 2. The lowest BCUT2D eigenvalue weighted by atomic mass is 10.1. The molecule has 0 aliphatic rings. The van der Waals surface area contributed by atoms with Gasteiger partial charge in [0.05, 0.1) is 6.61 Å². The third kappa shape index (κ3) is 3.56. The Balaban J connectivity index is 2.11. The molecule has 2 aromatic carbocycles. The van der Waals surface area contributed by atoms with Crippen LogP contribution in [-0.2, 0) is 12.5 Å². The van der Waals surface area contributed by atoms with Crippen molar-refractivity contribution in [1.82, 2.24) is 0 Å². The maximum atomic E-state index is 12.0. The lowest BCUT2D eigenvalue weighted by molar-refractivity contribution is 0.102. The van der Waals surface area contributed by atoms with E-state index in [1.807, 2.05) is 12.1 Å². The van der Waals surface area contributed by atoms with Crippen LogP contribution in [0.15, 0.2) is 48.5 Å². The molecule has 0 aliphatic carbocycles. The van der Waals surface area contributed by atoms with Crippen LogP contribution in [0.25, 0.3) is 0 Å². The van der Waals surface area contributed by atoms with Crippen LogP contribution in [0.2, 0.25) is 0 Å². The van der Waals surface area contributed by atoms with Gasteiger partial charge in [-0.15, -0.1) is 11.6 Å². The summed E-state index contributed by atoms with van der Waals surface area (Å²) >= 11 is 5.74. The van der Waals surface area contributed by atoms with E-state index in [-0.39, 0.29) is 12.5 Å². The molecule has 4 heteroatoms. The van der Waals surface area contributed by atoms with Crippen molar-refractivity contribution >= 4 is 23.2 Å². The summed E-state index contributed by atoms with van der Waals surface area (Å²) in [4.78, 5) is 12.0. The van der Waals surface area contributed by atoms with Crippen LogP contribution in [0.1, 0.15) is 21.5 Å². The van der Waals surface area contributed by atoms with Gasteiger partial charge >= 0.3 is 0 Å². The van der Waals surface area contributed by atoms with Crippen molar-refractivity contribution in [3.8, 4) is 0 Å². The summed E-state index contributed by atoms with van der Waals surface area (Å²) in [5, 5.41) is 11.7. The summed E-state index contributed by atoms with van der Waals surface area (Å²) in [6, 6.07) is 14.2. The molecule has 0 atom stereocenters. The van der Waals surface area contributed by atoms with Crippen molar-refractivity contribution < 1.29 is 9.90 Å². The van der Waals surface area contributed by atoms with Gasteiger partial charge in [-0.05, 0) is 35.4 Å². The number of aliphatic hydroxyl groups excluding tert-OH is 1. The van der Waals surface area contributed by atoms with Gasteiger partial charge < -0.3 is 10.4 Å². The van der Waals surface area contributed by atoms with Crippen molar-refractivity contribution in [2.45, 2.75) is 12.5 Å². The Morgan fingerprint density at radius 3 is 2.47 bits per heavy atom. The van der Waals surface area contributed by atoms with Crippen molar-refractivity contribution in [2.75, 3.05) is 5.32 Å². The Morgan fingerprint density at radius 2 is 1.84 bits per heavy atom. The van der Waals surface area contributed by atoms with E-state index < -0.39 is 0 Å². The molecule has 2 rings (SSSR count). The van der Waals surface area contributed by atoms with Crippen molar-refractivity contribution in [1.29, 1.82) is 0 Å². The molecule has 0 bridgehead atoms. The normalized spacial score (nSPS) is 10.2. The van der Waals surface area contributed by atoms with Gasteiger partial charge in [-0.25, -0.2) is 0 Å². The number of amides is 1. The van der Waals surface area contributed by atoms with E-state index >= 15 is 0 Å². The van der Waals surface area contributed by atoms with Crippen molar-refractivity contribution in [2.24, 2.45) is 0 Å². The van der Waals surface area contributed by atoms with Gasteiger partial charge in [-0.3, -0.25) is 4.79 Å². The lowest BCUT2D eigenvalue weighted by Gasteiger charge is -2.06. The van der Waals surface area contributed by atoms with Gasteiger partial charge in [0.2, 0.25) is 0 Å². The van der Waals surface area contributed by atoms with Crippen molar-refractivity contribution in [3.63, 3.8) is 0 Å². The van der Waals surface area contributed by atoms with Gasteiger partial charge in [0, 0.05) is 17.1 Å². The summed E-state index contributed by atoms with van der Waals surface area (Å²) in [5.74, 6) is 0.204. The Kier molecular flexibility index (Phi) is 4.55. The highest BCUT2D eigenvalue weighted by molar-refractivity contribution is 6.17. The van der Waals surface area contributed by atoms with Gasteiger partial charge in [-0.1, -0.05) is 24.3 Å². The number of anilines is 1. The number of benzene rings is 2. The standard InChI is InChI=1S/C15H14ClNO2/c16-9-12-2-1-3-13(8-12)15(19)17-14-6-4-11(10-18)5-7-14/h1-8,18H,9-10H2,(H,17,19). The molecular weight excluding hydrogens is 262 g/mol. The second-order valence-corrected chi connectivity index (χ2v) is 4.41. The zero-order valence-electron chi connectivity index (χ0n) is 10.3. The number of rotatable bonds is 4.